The van der Waals surface area contributed by atoms with Gasteiger partial charge >= 0.3 is 6.18 Å². The van der Waals surface area contributed by atoms with Crippen molar-refractivity contribution in [2.24, 2.45) is 5.92 Å². The van der Waals surface area contributed by atoms with Crippen molar-refractivity contribution in [3.8, 4) is 0 Å². The molecule has 2 rings (SSSR count). The summed E-state index contributed by atoms with van der Waals surface area (Å²) in [6.07, 6.45) is -2.15. The van der Waals surface area contributed by atoms with E-state index in [0.717, 1.165) is 42.6 Å². The van der Waals surface area contributed by atoms with Gasteiger partial charge in [0.2, 0.25) is 0 Å². The topological polar surface area (TPSA) is 16.1 Å². The summed E-state index contributed by atoms with van der Waals surface area (Å²) in [5.74, 6) is 0.534. The Kier molecular flexibility index (Phi) is 3.10. The van der Waals surface area contributed by atoms with Crippen molar-refractivity contribution >= 4 is 16.5 Å². The van der Waals surface area contributed by atoms with Crippen molar-refractivity contribution < 1.29 is 13.2 Å². The average Bonchev–Trinajstić information content (AvgIpc) is 2.65. The van der Waals surface area contributed by atoms with Crippen molar-refractivity contribution in [3.05, 3.63) is 11.1 Å². The summed E-state index contributed by atoms with van der Waals surface area (Å²) in [6.45, 7) is 3.74. The molecular weight excluding hydrogens is 237 g/mol. The molecule has 0 saturated carbocycles. The van der Waals surface area contributed by atoms with Crippen molar-refractivity contribution in [1.29, 1.82) is 0 Å². The molecule has 6 heteroatoms. The first kappa shape index (κ1) is 11.7. The predicted octanol–water partition coefficient (Wildman–Crippen LogP) is 3.40. The van der Waals surface area contributed by atoms with Gasteiger partial charge in [-0.05, 0) is 18.8 Å². The van der Waals surface area contributed by atoms with E-state index >= 15 is 0 Å². The Hall–Kier alpha value is -0.780. The molecule has 16 heavy (non-hydrogen) atoms. The van der Waals surface area contributed by atoms with Gasteiger partial charge in [-0.3, -0.25) is 0 Å². The Morgan fingerprint density at radius 1 is 1.50 bits per heavy atom. The van der Waals surface area contributed by atoms with Crippen LogP contribution in [0.2, 0.25) is 0 Å². The fourth-order valence-corrected chi connectivity index (χ4v) is 2.77. The number of anilines is 1. The molecule has 1 aromatic rings. The van der Waals surface area contributed by atoms with Crippen LogP contribution in [0.25, 0.3) is 0 Å². The summed E-state index contributed by atoms with van der Waals surface area (Å²) in [6, 6.07) is 0. The van der Waals surface area contributed by atoms with Crippen molar-refractivity contribution in [1.82, 2.24) is 4.98 Å². The highest BCUT2D eigenvalue weighted by Gasteiger charge is 2.34. The summed E-state index contributed by atoms with van der Waals surface area (Å²) < 4.78 is 37.1. The molecule has 0 bridgehead atoms. The standard InChI is InChI=1S/C10H13F3N2S/c1-7-3-2-4-15(5-7)9-14-8(6-16-9)10(11,12)13/h6-7H,2-5H2,1H3/t7-/m0/s1. The maximum absolute atomic E-state index is 12.4. The summed E-state index contributed by atoms with van der Waals surface area (Å²) in [5.41, 5.74) is -0.772. The van der Waals surface area contributed by atoms with Gasteiger partial charge in [0.05, 0.1) is 0 Å². The Balaban J connectivity index is 2.12. The zero-order valence-electron chi connectivity index (χ0n) is 8.92. The fraction of sp³-hybridized carbons (Fsp3) is 0.700. The highest BCUT2D eigenvalue weighted by molar-refractivity contribution is 7.13. The lowest BCUT2D eigenvalue weighted by molar-refractivity contribution is -0.140. The first-order valence-corrected chi connectivity index (χ1v) is 6.12. The number of alkyl halides is 3. The molecule has 1 aliphatic heterocycles. The molecule has 1 saturated heterocycles. The highest BCUT2D eigenvalue weighted by Crippen LogP contribution is 2.34. The molecule has 2 nitrogen and oxygen atoms in total. The molecule has 90 valence electrons. The van der Waals surface area contributed by atoms with Gasteiger partial charge in [0.15, 0.2) is 10.8 Å². The zero-order valence-corrected chi connectivity index (χ0v) is 9.74. The van der Waals surface area contributed by atoms with Crippen LogP contribution in [-0.4, -0.2) is 18.1 Å². The number of rotatable bonds is 1. The molecule has 0 amide bonds. The Bertz CT molecular complexity index is 361. The maximum Gasteiger partial charge on any atom is 0.434 e. The monoisotopic (exact) mass is 250 g/mol. The molecule has 1 fully saturated rings. The third kappa shape index (κ3) is 2.48. The fourth-order valence-electron chi connectivity index (χ4n) is 1.90. The molecule has 0 unspecified atom stereocenters. The van der Waals surface area contributed by atoms with Gasteiger partial charge in [-0.15, -0.1) is 11.3 Å². The van der Waals surface area contributed by atoms with E-state index in [-0.39, 0.29) is 0 Å². The van der Waals surface area contributed by atoms with E-state index in [0.29, 0.717) is 11.0 Å². The second-order valence-electron chi connectivity index (χ2n) is 4.21. The van der Waals surface area contributed by atoms with Crippen LogP contribution in [0.5, 0.6) is 0 Å². The molecule has 0 aromatic carbocycles. The van der Waals surface area contributed by atoms with E-state index in [2.05, 4.69) is 11.9 Å². The first-order chi connectivity index (χ1) is 7.47. The van der Waals surface area contributed by atoms with E-state index in [1.807, 2.05) is 4.90 Å². The largest absolute Gasteiger partial charge is 0.434 e. The lowest BCUT2D eigenvalue weighted by Gasteiger charge is -2.30. The number of hydrogen-bond acceptors (Lipinski definition) is 3. The van der Waals surface area contributed by atoms with Gasteiger partial charge in [0.1, 0.15) is 0 Å². The summed E-state index contributed by atoms with van der Waals surface area (Å²) in [4.78, 5) is 5.61. The van der Waals surface area contributed by atoms with Gasteiger partial charge in [-0.2, -0.15) is 13.2 Å². The van der Waals surface area contributed by atoms with E-state index in [4.69, 9.17) is 0 Å². The second kappa shape index (κ2) is 4.24. The molecular formula is C10H13F3N2S. The Labute approximate surface area is 96.1 Å². The van der Waals surface area contributed by atoms with Gasteiger partial charge < -0.3 is 4.90 Å². The molecule has 1 aromatic heterocycles. The molecule has 0 spiro atoms. The number of thiazole rings is 1. The first-order valence-electron chi connectivity index (χ1n) is 5.24. The zero-order chi connectivity index (χ0) is 11.8. The van der Waals surface area contributed by atoms with Gasteiger partial charge in [-0.1, -0.05) is 6.92 Å². The van der Waals surface area contributed by atoms with E-state index in [1.54, 1.807) is 0 Å². The highest BCUT2D eigenvalue weighted by atomic mass is 32.1. The molecule has 1 atom stereocenters. The van der Waals surface area contributed by atoms with Gasteiger partial charge in [0.25, 0.3) is 0 Å². The number of piperidine rings is 1. The predicted molar refractivity (Wildman–Crippen MR) is 57.7 cm³/mol. The smallest absolute Gasteiger partial charge is 0.348 e. The molecule has 2 heterocycles. The van der Waals surface area contributed by atoms with Crippen LogP contribution in [0.3, 0.4) is 0 Å². The van der Waals surface area contributed by atoms with Crippen molar-refractivity contribution in [2.75, 3.05) is 18.0 Å². The average molecular weight is 250 g/mol. The van der Waals surface area contributed by atoms with E-state index in [9.17, 15) is 13.2 Å². The summed E-state index contributed by atoms with van der Waals surface area (Å²) >= 11 is 1.08. The molecule has 0 aliphatic carbocycles. The van der Waals surface area contributed by atoms with Crippen molar-refractivity contribution in [3.63, 3.8) is 0 Å². The minimum absolute atomic E-state index is 0.499. The van der Waals surface area contributed by atoms with Gasteiger partial charge in [-0.25, -0.2) is 4.98 Å². The Morgan fingerprint density at radius 3 is 2.81 bits per heavy atom. The minimum atomic E-state index is -4.32. The van der Waals surface area contributed by atoms with Crippen LogP contribution < -0.4 is 4.90 Å². The number of halogens is 3. The Morgan fingerprint density at radius 2 is 2.25 bits per heavy atom. The molecule has 0 radical (unpaired) electrons. The summed E-state index contributed by atoms with van der Waals surface area (Å²) in [5, 5.41) is 1.59. The number of nitrogens with zero attached hydrogens (tertiary/aromatic N) is 2. The molecule has 1 aliphatic rings. The van der Waals surface area contributed by atoms with Crippen LogP contribution in [0.15, 0.2) is 5.38 Å². The normalized spacial score (nSPS) is 22.5. The van der Waals surface area contributed by atoms with Crippen LogP contribution in [0.1, 0.15) is 25.5 Å². The third-order valence-electron chi connectivity index (χ3n) is 2.71. The quantitative estimate of drug-likeness (QED) is 0.759. The van der Waals surface area contributed by atoms with Crippen LogP contribution in [-0.2, 0) is 6.18 Å². The maximum atomic E-state index is 12.4. The summed E-state index contributed by atoms with van der Waals surface area (Å²) in [7, 11) is 0. The van der Waals surface area contributed by atoms with Crippen LogP contribution in [0, 0.1) is 5.92 Å². The van der Waals surface area contributed by atoms with Crippen molar-refractivity contribution in [2.45, 2.75) is 25.9 Å². The number of aromatic nitrogens is 1. The molecule has 0 N–H and O–H groups in total. The lowest BCUT2D eigenvalue weighted by Crippen LogP contribution is -2.34. The third-order valence-corrected chi connectivity index (χ3v) is 3.61. The number of hydrogen-bond donors (Lipinski definition) is 0. The SMILES string of the molecule is C[C@H]1CCCN(c2nc(C(F)(F)F)cs2)C1. The van der Waals surface area contributed by atoms with E-state index < -0.39 is 11.9 Å². The van der Waals surface area contributed by atoms with E-state index in [1.165, 1.54) is 0 Å². The second-order valence-corrected chi connectivity index (χ2v) is 5.04. The van der Waals surface area contributed by atoms with Crippen LogP contribution in [0.4, 0.5) is 18.3 Å². The lowest BCUT2D eigenvalue weighted by atomic mass is 10.0. The minimum Gasteiger partial charge on any atom is -0.348 e. The van der Waals surface area contributed by atoms with Crippen LogP contribution >= 0.6 is 11.3 Å². The van der Waals surface area contributed by atoms with Gasteiger partial charge in [0, 0.05) is 18.5 Å².